The average molecular weight is 244 g/mol. The van der Waals surface area contributed by atoms with Crippen LogP contribution in [0, 0.1) is 0 Å². The van der Waals surface area contributed by atoms with Gasteiger partial charge in [0.15, 0.2) is 0 Å². The van der Waals surface area contributed by atoms with Crippen molar-refractivity contribution >= 4 is 11.9 Å². The fourth-order valence-corrected chi connectivity index (χ4v) is 1.54. The lowest BCUT2D eigenvalue weighted by molar-refractivity contribution is -0.137. The van der Waals surface area contributed by atoms with Crippen molar-refractivity contribution in [1.82, 2.24) is 5.32 Å². The van der Waals surface area contributed by atoms with Gasteiger partial charge in [-0.05, 0) is 26.2 Å². The molecule has 0 heterocycles. The number of carboxylic acids is 1. The summed E-state index contributed by atoms with van der Waals surface area (Å²) < 4.78 is 0. The highest BCUT2D eigenvalue weighted by Gasteiger charge is 2.14. The number of hydrogen-bond acceptors (Lipinski definition) is 3. The van der Waals surface area contributed by atoms with Crippen LogP contribution in [0.4, 0.5) is 0 Å². The summed E-state index contributed by atoms with van der Waals surface area (Å²) in [4.78, 5) is 21.9. The molecule has 5 nitrogen and oxygen atoms in total. The number of amides is 1. The maximum atomic E-state index is 11.6. The third kappa shape index (κ3) is 8.68. The highest BCUT2D eigenvalue weighted by Crippen LogP contribution is 2.02. The minimum atomic E-state index is -0.803. The molecule has 0 bridgehead atoms. The first kappa shape index (κ1) is 15.9. The Hall–Kier alpha value is -1.10. The number of rotatable bonds is 9. The van der Waals surface area contributed by atoms with Crippen LogP contribution < -0.4 is 11.1 Å². The molecule has 0 rings (SSSR count). The maximum absolute atomic E-state index is 11.6. The molecule has 2 atom stereocenters. The maximum Gasteiger partial charge on any atom is 0.303 e. The van der Waals surface area contributed by atoms with Crippen LogP contribution >= 0.6 is 0 Å². The van der Waals surface area contributed by atoms with Gasteiger partial charge in [-0.3, -0.25) is 9.59 Å². The molecule has 17 heavy (non-hydrogen) atoms. The second kappa shape index (κ2) is 8.98. The summed E-state index contributed by atoms with van der Waals surface area (Å²) in [6, 6.07) is -0.466. The first-order valence-electron chi connectivity index (χ1n) is 6.25. The normalized spacial score (nSPS) is 14.1. The molecule has 0 fully saturated rings. The van der Waals surface area contributed by atoms with Gasteiger partial charge >= 0.3 is 5.97 Å². The Morgan fingerprint density at radius 2 is 1.94 bits per heavy atom. The number of carboxylic acid groups (broad SMARTS) is 1. The van der Waals surface area contributed by atoms with E-state index >= 15 is 0 Å². The van der Waals surface area contributed by atoms with Gasteiger partial charge in [0, 0.05) is 12.5 Å². The molecule has 0 spiro atoms. The summed E-state index contributed by atoms with van der Waals surface area (Å²) in [6.45, 7) is 3.92. The smallest absolute Gasteiger partial charge is 0.303 e. The molecule has 100 valence electrons. The SMILES string of the molecule is CCCCC(N)C(=O)NC(C)CCCC(=O)O. The van der Waals surface area contributed by atoms with Crippen molar-refractivity contribution in [2.45, 2.75) is 64.5 Å². The molecule has 0 saturated heterocycles. The summed E-state index contributed by atoms with van der Waals surface area (Å²) >= 11 is 0. The number of nitrogens with two attached hydrogens (primary N) is 1. The van der Waals surface area contributed by atoms with Crippen LogP contribution in [-0.4, -0.2) is 29.1 Å². The molecule has 0 aromatic heterocycles. The molecule has 0 aliphatic rings. The van der Waals surface area contributed by atoms with Crippen LogP contribution in [0.5, 0.6) is 0 Å². The zero-order valence-electron chi connectivity index (χ0n) is 10.7. The molecule has 4 N–H and O–H groups in total. The van der Waals surface area contributed by atoms with Gasteiger partial charge in [-0.25, -0.2) is 0 Å². The Morgan fingerprint density at radius 3 is 2.47 bits per heavy atom. The van der Waals surface area contributed by atoms with E-state index in [1.165, 1.54) is 0 Å². The molecule has 0 aliphatic carbocycles. The van der Waals surface area contributed by atoms with E-state index < -0.39 is 12.0 Å². The molecule has 2 unspecified atom stereocenters. The van der Waals surface area contributed by atoms with Crippen LogP contribution in [-0.2, 0) is 9.59 Å². The van der Waals surface area contributed by atoms with E-state index in [1.54, 1.807) is 0 Å². The summed E-state index contributed by atoms with van der Waals surface area (Å²) in [5.41, 5.74) is 5.72. The van der Waals surface area contributed by atoms with E-state index in [9.17, 15) is 9.59 Å². The van der Waals surface area contributed by atoms with Gasteiger partial charge in [0.1, 0.15) is 0 Å². The minimum absolute atomic E-state index is 0.0190. The standard InChI is InChI=1S/C12H24N2O3/c1-3-4-7-10(13)12(17)14-9(2)6-5-8-11(15)16/h9-10H,3-8,13H2,1-2H3,(H,14,17)(H,15,16). The predicted molar refractivity (Wildman–Crippen MR) is 66.6 cm³/mol. The van der Waals surface area contributed by atoms with Crippen LogP contribution in [0.25, 0.3) is 0 Å². The average Bonchev–Trinajstić information content (AvgIpc) is 2.25. The van der Waals surface area contributed by atoms with Crippen molar-refractivity contribution < 1.29 is 14.7 Å². The quantitative estimate of drug-likeness (QED) is 0.569. The fourth-order valence-electron chi connectivity index (χ4n) is 1.54. The Balaban J connectivity index is 3.74. The van der Waals surface area contributed by atoms with Crippen molar-refractivity contribution in [2.24, 2.45) is 5.73 Å². The van der Waals surface area contributed by atoms with Crippen LogP contribution in [0.2, 0.25) is 0 Å². The molecule has 0 radical (unpaired) electrons. The van der Waals surface area contributed by atoms with E-state index in [0.29, 0.717) is 19.3 Å². The largest absolute Gasteiger partial charge is 0.481 e. The van der Waals surface area contributed by atoms with E-state index in [1.807, 2.05) is 6.92 Å². The molecule has 5 heteroatoms. The van der Waals surface area contributed by atoms with E-state index in [-0.39, 0.29) is 18.4 Å². The van der Waals surface area contributed by atoms with Crippen molar-refractivity contribution in [3.05, 3.63) is 0 Å². The van der Waals surface area contributed by atoms with Crippen LogP contribution in [0.15, 0.2) is 0 Å². The van der Waals surface area contributed by atoms with Gasteiger partial charge < -0.3 is 16.2 Å². The number of hydrogen-bond donors (Lipinski definition) is 3. The summed E-state index contributed by atoms with van der Waals surface area (Å²) in [5.74, 6) is -0.940. The molecular weight excluding hydrogens is 220 g/mol. The summed E-state index contributed by atoms with van der Waals surface area (Å²) in [7, 11) is 0. The van der Waals surface area contributed by atoms with E-state index in [0.717, 1.165) is 12.8 Å². The number of unbranched alkanes of at least 4 members (excludes halogenated alkanes) is 1. The second-order valence-electron chi connectivity index (χ2n) is 4.44. The monoisotopic (exact) mass is 244 g/mol. The summed E-state index contributed by atoms with van der Waals surface area (Å²) in [5, 5.41) is 11.3. The lowest BCUT2D eigenvalue weighted by Gasteiger charge is -2.17. The van der Waals surface area contributed by atoms with Crippen molar-refractivity contribution in [3.63, 3.8) is 0 Å². The van der Waals surface area contributed by atoms with Crippen LogP contribution in [0.1, 0.15) is 52.4 Å². The minimum Gasteiger partial charge on any atom is -0.481 e. The topological polar surface area (TPSA) is 92.4 Å². The van der Waals surface area contributed by atoms with Gasteiger partial charge in [0.25, 0.3) is 0 Å². The van der Waals surface area contributed by atoms with Gasteiger partial charge in [-0.2, -0.15) is 0 Å². The zero-order valence-corrected chi connectivity index (χ0v) is 10.7. The highest BCUT2D eigenvalue weighted by molar-refractivity contribution is 5.81. The number of aliphatic carboxylic acids is 1. The van der Waals surface area contributed by atoms with E-state index in [4.69, 9.17) is 10.8 Å². The molecule has 0 saturated carbocycles. The Labute approximate surface area is 103 Å². The Morgan fingerprint density at radius 1 is 1.29 bits per heavy atom. The second-order valence-corrected chi connectivity index (χ2v) is 4.44. The number of nitrogens with one attached hydrogen (secondary N) is 1. The lowest BCUT2D eigenvalue weighted by atomic mass is 10.1. The first-order valence-corrected chi connectivity index (χ1v) is 6.25. The molecule has 0 aromatic rings. The zero-order chi connectivity index (χ0) is 13.3. The summed E-state index contributed by atoms with van der Waals surface area (Å²) in [6.07, 6.45) is 4.04. The van der Waals surface area contributed by atoms with E-state index in [2.05, 4.69) is 12.2 Å². The third-order valence-corrected chi connectivity index (χ3v) is 2.62. The van der Waals surface area contributed by atoms with Crippen molar-refractivity contribution in [1.29, 1.82) is 0 Å². The van der Waals surface area contributed by atoms with Gasteiger partial charge in [-0.15, -0.1) is 0 Å². The van der Waals surface area contributed by atoms with Crippen LogP contribution in [0.3, 0.4) is 0 Å². The van der Waals surface area contributed by atoms with Gasteiger partial charge in [0.05, 0.1) is 6.04 Å². The molecule has 1 amide bonds. The molecular formula is C12H24N2O3. The fraction of sp³-hybridized carbons (Fsp3) is 0.833. The van der Waals surface area contributed by atoms with Crippen molar-refractivity contribution in [2.75, 3.05) is 0 Å². The highest BCUT2D eigenvalue weighted by atomic mass is 16.4. The Bertz CT molecular complexity index is 244. The van der Waals surface area contributed by atoms with Gasteiger partial charge in [0.2, 0.25) is 5.91 Å². The third-order valence-electron chi connectivity index (χ3n) is 2.62. The molecule has 0 aliphatic heterocycles. The number of carbonyl (C=O) groups excluding carboxylic acids is 1. The Kier molecular flexibility index (Phi) is 8.40. The first-order chi connectivity index (χ1) is 7.97. The lowest BCUT2D eigenvalue weighted by Crippen LogP contribution is -2.44. The number of carbonyl (C=O) groups is 2. The van der Waals surface area contributed by atoms with Gasteiger partial charge in [-0.1, -0.05) is 19.8 Å². The van der Waals surface area contributed by atoms with Crippen molar-refractivity contribution in [3.8, 4) is 0 Å². The molecule has 0 aromatic carbocycles. The predicted octanol–water partition coefficient (Wildman–Crippen LogP) is 1.26.